The highest BCUT2D eigenvalue weighted by Gasteiger charge is 2.14. The fourth-order valence-corrected chi connectivity index (χ4v) is 2.72. The van der Waals surface area contributed by atoms with E-state index in [0.717, 1.165) is 29.8 Å². The molecule has 0 unspecified atom stereocenters. The maximum atomic E-state index is 12.3. The number of ether oxygens (including phenoxy) is 1. The number of carbonyl (C=O) groups is 1. The summed E-state index contributed by atoms with van der Waals surface area (Å²) in [7, 11) is 0. The van der Waals surface area contributed by atoms with E-state index >= 15 is 0 Å². The lowest BCUT2D eigenvalue weighted by Gasteiger charge is -2.08. The highest BCUT2D eigenvalue weighted by Crippen LogP contribution is 2.23. The number of nitrogens with one attached hydrogen (secondary N) is 1. The van der Waals surface area contributed by atoms with Crippen LogP contribution in [0.1, 0.15) is 34.8 Å². The van der Waals surface area contributed by atoms with Gasteiger partial charge in [-0.25, -0.2) is 0 Å². The molecule has 1 amide bonds. The van der Waals surface area contributed by atoms with E-state index in [1.165, 1.54) is 17.5 Å². The minimum absolute atomic E-state index is 0.0612. The van der Waals surface area contributed by atoms with Crippen molar-refractivity contribution in [3.63, 3.8) is 0 Å². The number of carbonyl (C=O) groups excluding carboxylic acids is 1. The van der Waals surface area contributed by atoms with Crippen LogP contribution >= 0.6 is 0 Å². The molecule has 0 saturated heterocycles. The molecule has 21 heavy (non-hydrogen) atoms. The molecule has 0 heterocycles. The van der Waals surface area contributed by atoms with Crippen molar-refractivity contribution in [2.24, 2.45) is 0 Å². The molecule has 1 aliphatic rings. The van der Waals surface area contributed by atoms with Crippen LogP contribution in [-0.4, -0.2) is 12.5 Å². The molecule has 0 aromatic heterocycles. The summed E-state index contributed by atoms with van der Waals surface area (Å²) in [5, 5.41) is 2.92. The van der Waals surface area contributed by atoms with Crippen LogP contribution in [0, 0.1) is 0 Å². The number of hydrogen-bond donors (Lipinski definition) is 1. The summed E-state index contributed by atoms with van der Waals surface area (Å²) < 4.78 is 5.39. The third-order valence-corrected chi connectivity index (χ3v) is 3.78. The highest BCUT2D eigenvalue weighted by atomic mass is 16.5. The molecule has 0 aliphatic heterocycles. The molecule has 3 nitrogen and oxygen atoms in total. The summed E-state index contributed by atoms with van der Waals surface area (Å²) in [5.41, 5.74) is 4.20. The first-order valence-electron chi connectivity index (χ1n) is 7.42. The minimum Gasteiger partial charge on any atom is -0.494 e. The van der Waals surface area contributed by atoms with Gasteiger partial charge in [-0.05, 0) is 73.7 Å². The van der Waals surface area contributed by atoms with Crippen LogP contribution in [0.2, 0.25) is 0 Å². The van der Waals surface area contributed by atoms with Crippen molar-refractivity contribution in [3.05, 3.63) is 59.2 Å². The van der Waals surface area contributed by atoms with Crippen LogP contribution in [-0.2, 0) is 12.8 Å². The predicted molar refractivity (Wildman–Crippen MR) is 84.0 cm³/mol. The number of rotatable bonds is 4. The van der Waals surface area contributed by atoms with Gasteiger partial charge in [0.2, 0.25) is 0 Å². The molecule has 0 radical (unpaired) electrons. The van der Waals surface area contributed by atoms with Gasteiger partial charge in [0.1, 0.15) is 5.75 Å². The molecule has 0 fully saturated rings. The first-order valence-corrected chi connectivity index (χ1v) is 7.42. The molecule has 108 valence electrons. The quantitative estimate of drug-likeness (QED) is 0.925. The zero-order chi connectivity index (χ0) is 14.7. The van der Waals surface area contributed by atoms with Gasteiger partial charge < -0.3 is 10.1 Å². The lowest BCUT2D eigenvalue weighted by Crippen LogP contribution is -2.12. The topological polar surface area (TPSA) is 38.3 Å². The molecule has 0 saturated carbocycles. The lowest BCUT2D eigenvalue weighted by molar-refractivity contribution is 0.102. The molecule has 0 spiro atoms. The molecule has 1 N–H and O–H groups in total. The molecule has 3 rings (SSSR count). The third kappa shape index (κ3) is 3.07. The number of hydrogen-bond acceptors (Lipinski definition) is 2. The predicted octanol–water partition coefficient (Wildman–Crippen LogP) is 3.83. The van der Waals surface area contributed by atoms with E-state index < -0.39 is 0 Å². The average molecular weight is 281 g/mol. The van der Waals surface area contributed by atoms with Crippen molar-refractivity contribution in [3.8, 4) is 5.75 Å². The van der Waals surface area contributed by atoms with Crippen LogP contribution in [0.5, 0.6) is 5.75 Å². The van der Waals surface area contributed by atoms with E-state index in [-0.39, 0.29) is 5.91 Å². The molecule has 1 aliphatic carbocycles. The number of benzene rings is 2. The number of anilines is 1. The second kappa shape index (κ2) is 6.00. The van der Waals surface area contributed by atoms with E-state index in [0.29, 0.717) is 6.61 Å². The normalized spacial score (nSPS) is 12.8. The van der Waals surface area contributed by atoms with Gasteiger partial charge in [0.15, 0.2) is 0 Å². The van der Waals surface area contributed by atoms with E-state index in [2.05, 4.69) is 11.4 Å². The Bertz CT molecular complexity index is 647. The van der Waals surface area contributed by atoms with Crippen molar-refractivity contribution < 1.29 is 9.53 Å². The molecule has 2 aromatic carbocycles. The van der Waals surface area contributed by atoms with Gasteiger partial charge in [-0.1, -0.05) is 6.07 Å². The Kier molecular flexibility index (Phi) is 3.91. The van der Waals surface area contributed by atoms with Crippen LogP contribution in [0.4, 0.5) is 5.69 Å². The summed E-state index contributed by atoms with van der Waals surface area (Å²) in [4.78, 5) is 12.3. The van der Waals surface area contributed by atoms with Crippen molar-refractivity contribution in [2.45, 2.75) is 26.2 Å². The van der Waals surface area contributed by atoms with Crippen molar-refractivity contribution in [2.75, 3.05) is 11.9 Å². The largest absolute Gasteiger partial charge is 0.494 e. The van der Waals surface area contributed by atoms with Crippen molar-refractivity contribution >= 4 is 11.6 Å². The van der Waals surface area contributed by atoms with Crippen LogP contribution < -0.4 is 10.1 Å². The lowest BCUT2D eigenvalue weighted by atomic mass is 10.1. The second-order valence-corrected chi connectivity index (χ2v) is 5.25. The summed E-state index contributed by atoms with van der Waals surface area (Å²) in [5.74, 6) is 0.752. The molecular formula is C18H19NO2. The van der Waals surface area contributed by atoms with Gasteiger partial charge in [-0.15, -0.1) is 0 Å². The maximum absolute atomic E-state index is 12.3. The van der Waals surface area contributed by atoms with Gasteiger partial charge in [-0.3, -0.25) is 4.79 Å². The summed E-state index contributed by atoms with van der Waals surface area (Å²) in [6.45, 7) is 2.59. The van der Waals surface area contributed by atoms with Gasteiger partial charge in [-0.2, -0.15) is 0 Å². The highest BCUT2D eigenvalue weighted by molar-refractivity contribution is 6.04. The average Bonchev–Trinajstić information content (AvgIpc) is 2.97. The Labute approximate surface area is 124 Å². The zero-order valence-electron chi connectivity index (χ0n) is 12.2. The number of amides is 1. The smallest absolute Gasteiger partial charge is 0.255 e. The minimum atomic E-state index is -0.0612. The van der Waals surface area contributed by atoms with E-state index in [1.54, 1.807) is 0 Å². The maximum Gasteiger partial charge on any atom is 0.255 e. The second-order valence-electron chi connectivity index (χ2n) is 5.25. The molecular weight excluding hydrogens is 262 g/mol. The molecule has 0 atom stereocenters. The first kappa shape index (κ1) is 13.7. The van der Waals surface area contributed by atoms with Crippen LogP contribution in [0.3, 0.4) is 0 Å². The van der Waals surface area contributed by atoms with E-state index in [1.807, 2.05) is 43.3 Å². The number of aryl methyl sites for hydroxylation is 2. The summed E-state index contributed by atoms with van der Waals surface area (Å²) in [6, 6.07) is 13.5. The standard InChI is InChI=1S/C18H19NO2/c1-2-21-17-10-8-16(9-11-17)19-18(20)15-7-6-13-4-3-5-14(13)12-15/h6-12H,2-5H2,1H3,(H,19,20). The monoisotopic (exact) mass is 281 g/mol. The van der Waals surface area contributed by atoms with E-state index in [4.69, 9.17) is 4.74 Å². The van der Waals surface area contributed by atoms with E-state index in [9.17, 15) is 4.79 Å². The zero-order valence-corrected chi connectivity index (χ0v) is 12.2. The Hall–Kier alpha value is -2.29. The molecule has 0 bridgehead atoms. The Balaban J connectivity index is 1.71. The van der Waals surface area contributed by atoms with Gasteiger partial charge >= 0.3 is 0 Å². The van der Waals surface area contributed by atoms with Crippen molar-refractivity contribution in [1.29, 1.82) is 0 Å². The van der Waals surface area contributed by atoms with Crippen LogP contribution in [0.15, 0.2) is 42.5 Å². The fourth-order valence-electron chi connectivity index (χ4n) is 2.72. The van der Waals surface area contributed by atoms with Gasteiger partial charge in [0, 0.05) is 11.3 Å². The summed E-state index contributed by atoms with van der Waals surface area (Å²) in [6.07, 6.45) is 3.41. The van der Waals surface area contributed by atoms with Gasteiger partial charge in [0.05, 0.1) is 6.61 Å². The van der Waals surface area contributed by atoms with Crippen LogP contribution in [0.25, 0.3) is 0 Å². The fraction of sp³-hybridized carbons (Fsp3) is 0.278. The first-order chi connectivity index (χ1) is 10.3. The Morgan fingerprint density at radius 1 is 1.10 bits per heavy atom. The molecule has 2 aromatic rings. The van der Waals surface area contributed by atoms with Gasteiger partial charge in [0.25, 0.3) is 5.91 Å². The van der Waals surface area contributed by atoms with Crippen molar-refractivity contribution in [1.82, 2.24) is 0 Å². The Morgan fingerprint density at radius 3 is 2.62 bits per heavy atom. The Morgan fingerprint density at radius 2 is 1.86 bits per heavy atom. The summed E-state index contributed by atoms with van der Waals surface area (Å²) >= 11 is 0. The SMILES string of the molecule is CCOc1ccc(NC(=O)c2ccc3c(c2)CCC3)cc1. The molecule has 3 heteroatoms. The number of fused-ring (bicyclic) bond motifs is 1. The third-order valence-electron chi connectivity index (χ3n) is 3.78.